The topological polar surface area (TPSA) is 73.8 Å². The van der Waals surface area contributed by atoms with E-state index < -0.39 is 0 Å². The van der Waals surface area contributed by atoms with Crippen LogP contribution in [0.3, 0.4) is 0 Å². The molecule has 0 saturated heterocycles. The van der Waals surface area contributed by atoms with E-state index in [0.29, 0.717) is 30.2 Å². The molecule has 1 heterocycles. The number of hydrogen-bond acceptors (Lipinski definition) is 3. The first-order valence-corrected chi connectivity index (χ1v) is 8.55. The zero-order valence-electron chi connectivity index (χ0n) is 15.4. The van der Waals surface area contributed by atoms with Crippen LogP contribution in [0, 0.1) is 6.92 Å². The Bertz CT molecular complexity index is 814. The van der Waals surface area contributed by atoms with Gasteiger partial charge >= 0.3 is 0 Å². The predicted octanol–water partition coefficient (Wildman–Crippen LogP) is 2.57. The van der Waals surface area contributed by atoms with Crippen molar-refractivity contribution >= 4 is 41.8 Å². The number of carbonyl (C=O) groups is 2. The lowest BCUT2D eigenvalue weighted by molar-refractivity contribution is 0.0657. The van der Waals surface area contributed by atoms with E-state index in [2.05, 4.69) is 46.8 Å². The van der Waals surface area contributed by atoms with Gasteiger partial charge in [0.1, 0.15) is 0 Å². The highest BCUT2D eigenvalue weighted by Crippen LogP contribution is 2.21. The monoisotopic (exact) mass is 478 g/mol. The summed E-state index contributed by atoms with van der Waals surface area (Å²) in [6.07, 6.45) is 0. The minimum absolute atomic E-state index is 0. The van der Waals surface area contributed by atoms with Gasteiger partial charge in [0.05, 0.1) is 11.1 Å². The Balaban J connectivity index is 0.00000261. The number of imide groups is 1. The van der Waals surface area contributed by atoms with Crippen molar-refractivity contribution in [2.24, 2.45) is 4.99 Å². The minimum Gasteiger partial charge on any atom is -0.355 e. The molecule has 0 spiro atoms. The van der Waals surface area contributed by atoms with Gasteiger partial charge < -0.3 is 10.6 Å². The molecule has 7 heteroatoms. The van der Waals surface area contributed by atoms with Gasteiger partial charge in [-0.2, -0.15) is 0 Å². The van der Waals surface area contributed by atoms with Gasteiger partial charge in [0.25, 0.3) is 11.8 Å². The number of nitrogens with one attached hydrogen (secondary N) is 2. The smallest absolute Gasteiger partial charge is 0.261 e. The summed E-state index contributed by atoms with van der Waals surface area (Å²) in [7, 11) is 1.69. The number of nitrogens with zero attached hydrogens (tertiary/aromatic N) is 2. The highest BCUT2D eigenvalue weighted by Gasteiger charge is 2.34. The second-order valence-electron chi connectivity index (χ2n) is 6.15. The van der Waals surface area contributed by atoms with Crippen LogP contribution in [0.4, 0.5) is 0 Å². The third-order valence-corrected chi connectivity index (χ3v) is 4.31. The quantitative estimate of drug-likeness (QED) is 0.300. The molecule has 2 N–H and O–H groups in total. The SMILES string of the molecule is CN=C(NCCN1C(=O)c2ccccc2C1=O)NCc1ccc(C)cc1.I. The Morgan fingerprint density at radius 2 is 1.56 bits per heavy atom. The number of hydrogen-bond donors (Lipinski definition) is 2. The minimum atomic E-state index is -0.241. The molecule has 0 radical (unpaired) electrons. The van der Waals surface area contributed by atoms with Crippen LogP contribution in [-0.4, -0.2) is 42.8 Å². The van der Waals surface area contributed by atoms with E-state index in [1.165, 1.54) is 10.5 Å². The molecule has 27 heavy (non-hydrogen) atoms. The van der Waals surface area contributed by atoms with E-state index in [4.69, 9.17) is 0 Å². The second kappa shape index (κ2) is 9.50. The van der Waals surface area contributed by atoms with Crippen molar-refractivity contribution in [3.63, 3.8) is 0 Å². The third-order valence-electron chi connectivity index (χ3n) is 4.31. The Kier molecular flexibility index (Phi) is 7.35. The molecule has 1 aliphatic rings. The first-order chi connectivity index (χ1) is 12.6. The molecule has 0 unspecified atom stereocenters. The van der Waals surface area contributed by atoms with Crippen LogP contribution in [0.1, 0.15) is 31.8 Å². The van der Waals surface area contributed by atoms with Crippen LogP contribution in [-0.2, 0) is 6.54 Å². The van der Waals surface area contributed by atoms with Gasteiger partial charge in [-0.25, -0.2) is 0 Å². The Labute approximate surface area is 176 Å². The van der Waals surface area contributed by atoms with Gasteiger partial charge in [0.15, 0.2) is 5.96 Å². The van der Waals surface area contributed by atoms with Gasteiger partial charge in [-0.1, -0.05) is 42.0 Å². The molecule has 1 aliphatic heterocycles. The molecule has 0 bridgehead atoms. The summed E-state index contributed by atoms with van der Waals surface area (Å²) < 4.78 is 0. The van der Waals surface area contributed by atoms with E-state index in [9.17, 15) is 9.59 Å². The number of rotatable bonds is 5. The number of aryl methyl sites for hydroxylation is 1. The number of amides is 2. The average molecular weight is 478 g/mol. The maximum Gasteiger partial charge on any atom is 0.261 e. The molecule has 2 amide bonds. The summed E-state index contributed by atoms with van der Waals surface area (Å²) in [6, 6.07) is 15.2. The maximum atomic E-state index is 12.3. The lowest BCUT2D eigenvalue weighted by atomic mass is 10.1. The predicted molar refractivity (Wildman–Crippen MR) is 117 cm³/mol. The van der Waals surface area contributed by atoms with E-state index in [1.54, 1.807) is 31.3 Å². The van der Waals surface area contributed by atoms with Gasteiger partial charge in [0, 0.05) is 26.7 Å². The lowest BCUT2D eigenvalue weighted by Gasteiger charge is -2.16. The number of guanidine groups is 1. The molecule has 0 saturated carbocycles. The Hall–Kier alpha value is -2.42. The second-order valence-corrected chi connectivity index (χ2v) is 6.15. The van der Waals surface area contributed by atoms with Gasteiger partial charge in [-0.15, -0.1) is 24.0 Å². The Morgan fingerprint density at radius 3 is 2.11 bits per heavy atom. The fourth-order valence-electron chi connectivity index (χ4n) is 2.84. The van der Waals surface area contributed by atoms with Crippen molar-refractivity contribution in [3.05, 3.63) is 70.8 Å². The lowest BCUT2D eigenvalue weighted by Crippen LogP contribution is -2.42. The third kappa shape index (κ3) is 4.85. The zero-order chi connectivity index (χ0) is 18.5. The standard InChI is InChI=1S/C20H22N4O2.HI/c1-14-7-9-15(10-8-14)13-23-20(21-2)22-11-12-24-18(25)16-5-3-4-6-17(16)19(24)26;/h3-10H,11-13H2,1-2H3,(H2,21,22,23);1H. The fraction of sp³-hybridized carbons (Fsp3) is 0.250. The van der Waals surface area contributed by atoms with Crippen molar-refractivity contribution in [2.45, 2.75) is 13.5 Å². The van der Waals surface area contributed by atoms with Gasteiger partial charge in [0.2, 0.25) is 0 Å². The summed E-state index contributed by atoms with van der Waals surface area (Å²) in [5.41, 5.74) is 3.31. The molecule has 0 atom stereocenters. The van der Waals surface area contributed by atoms with E-state index in [0.717, 1.165) is 5.56 Å². The van der Waals surface area contributed by atoms with E-state index in [-0.39, 0.29) is 42.3 Å². The normalized spacial score (nSPS) is 13.3. The number of halogens is 1. The van der Waals surface area contributed by atoms with Crippen LogP contribution in [0.2, 0.25) is 0 Å². The molecule has 2 aromatic carbocycles. The number of fused-ring (bicyclic) bond motifs is 1. The molecule has 2 aromatic rings. The molecule has 0 aromatic heterocycles. The number of benzene rings is 2. The first-order valence-electron chi connectivity index (χ1n) is 8.55. The Morgan fingerprint density at radius 1 is 0.963 bits per heavy atom. The fourth-order valence-corrected chi connectivity index (χ4v) is 2.84. The molecule has 142 valence electrons. The summed E-state index contributed by atoms with van der Waals surface area (Å²) in [5.74, 6) is 0.146. The highest BCUT2D eigenvalue weighted by molar-refractivity contribution is 14.0. The molecular formula is C20H23IN4O2. The molecule has 0 fully saturated rings. The number of aliphatic imine (C=N–C) groups is 1. The first kappa shape index (κ1) is 20.9. The van der Waals surface area contributed by atoms with Crippen molar-refractivity contribution in [1.82, 2.24) is 15.5 Å². The van der Waals surface area contributed by atoms with Crippen LogP contribution < -0.4 is 10.6 Å². The van der Waals surface area contributed by atoms with Crippen molar-refractivity contribution < 1.29 is 9.59 Å². The van der Waals surface area contributed by atoms with Crippen LogP contribution in [0.5, 0.6) is 0 Å². The van der Waals surface area contributed by atoms with Crippen molar-refractivity contribution in [3.8, 4) is 0 Å². The van der Waals surface area contributed by atoms with Crippen LogP contribution in [0.25, 0.3) is 0 Å². The average Bonchev–Trinajstić information content (AvgIpc) is 2.91. The van der Waals surface area contributed by atoms with E-state index in [1.807, 2.05) is 0 Å². The summed E-state index contributed by atoms with van der Waals surface area (Å²) in [5, 5.41) is 6.36. The summed E-state index contributed by atoms with van der Waals surface area (Å²) in [4.78, 5) is 30.1. The number of carbonyl (C=O) groups excluding carboxylic acids is 2. The van der Waals surface area contributed by atoms with Crippen LogP contribution >= 0.6 is 24.0 Å². The maximum absolute atomic E-state index is 12.3. The molecular weight excluding hydrogens is 455 g/mol. The molecule has 3 rings (SSSR count). The van der Waals surface area contributed by atoms with Gasteiger partial charge in [-0.3, -0.25) is 19.5 Å². The van der Waals surface area contributed by atoms with Crippen molar-refractivity contribution in [1.29, 1.82) is 0 Å². The largest absolute Gasteiger partial charge is 0.355 e. The van der Waals surface area contributed by atoms with Crippen LogP contribution in [0.15, 0.2) is 53.5 Å². The van der Waals surface area contributed by atoms with E-state index >= 15 is 0 Å². The highest BCUT2D eigenvalue weighted by atomic mass is 127. The molecule has 0 aliphatic carbocycles. The zero-order valence-corrected chi connectivity index (χ0v) is 17.7. The molecule has 6 nitrogen and oxygen atoms in total. The summed E-state index contributed by atoms with van der Waals surface area (Å²) in [6.45, 7) is 3.42. The van der Waals surface area contributed by atoms with Gasteiger partial charge in [-0.05, 0) is 24.6 Å². The van der Waals surface area contributed by atoms with Crippen molar-refractivity contribution in [2.75, 3.05) is 20.1 Å². The summed E-state index contributed by atoms with van der Waals surface area (Å²) >= 11 is 0.